The fourth-order valence-corrected chi connectivity index (χ4v) is 4.94. The lowest BCUT2D eigenvalue weighted by molar-refractivity contribution is 0.182. The van der Waals surface area contributed by atoms with Gasteiger partial charge in [-0.2, -0.15) is 0 Å². The van der Waals surface area contributed by atoms with Gasteiger partial charge in [0, 0.05) is 18.8 Å². The fraction of sp³-hybridized carbons (Fsp3) is 0.667. The van der Waals surface area contributed by atoms with E-state index >= 15 is 0 Å². The molecule has 0 spiro atoms. The van der Waals surface area contributed by atoms with Gasteiger partial charge in [0.2, 0.25) is 0 Å². The molecule has 0 aromatic heterocycles. The third-order valence-electron chi connectivity index (χ3n) is 3.72. The van der Waals surface area contributed by atoms with Crippen LogP contribution in [0.25, 0.3) is 0 Å². The summed E-state index contributed by atoms with van der Waals surface area (Å²) in [5.74, 6) is 0. The third kappa shape index (κ3) is 7.25. The number of benzene rings is 1. The Hall–Kier alpha value is -0.643. The Morgan fingerprint density at radius 1 is 0.857 bits per heavy atom. The Labute approximate surface area is 132 Å². The summed E-state index contributed by atoms with van der Waals surface area (Å²) >= 11 is 0. The van der Waals surface area contributed by atoms with Crippen LogP contribution < -0.4 is 0 Å². The van der Waals surface area contributed by atoms with Crippen LogP contribution in [0.3, 0.4) is 0 Å². The molecule has 0 aliphatic heterocycles. The first kappa shape index (κ1) is 18.4. The lowest BCUT2D eigenvalue weighted by Gasteiger charge is -2.26. The number of hydrogen-bond acceptors (Lipinski definition) is 2. The molecule has 0 aliphatic carbocycles. The quantitative estimate of drug-likeness (QED) is 0.401. The van der Waals surface area contributed by atoms with E-state index in [0.717, 1.165) is 26.1 Å². The predicted molar refractivity (Wildman–Crippen MR) is 93.0 cm³/mol. The Balaban J connectivity index is 2.72. The minimum atomic E-state index is -1.66. The van der Waals surface area contributed by atoms with Crippen molar-refractivity contribution >= 4 is 9.28 Å². The molecule has 21 heavy (non-hydrogen) atoms. The normalized spacial score (nSPS) is 12.8. The van der Waals surface area contributed by atoms with Gasteiger partial charge in [0.15, 0.2) is 0 Å². The molecule has 0 saturated carbocycles. The van der Waals surface area contributed by atoms with Gasteiger partial charge in [-0.3, -0.25) is 0 Å². The molecule has 0 aliphatic rings. The lowest BCUT2D eigenvalue weighted by Crippen LogP contribution is -2.32. The summed E-state index contributed by atoms with van der Waals surface area (Å²) in [7, 11) is -1.66. The van der Waals surface area contributed by atoms with Crippen LogP contribution in [0.15, 0.2) is 30.3 Å². The van der Waals surface area contributed by atoms with E-state index in [2.05, 4.69) is 51.1 Å². The molecule has 0 saturated heterocycles. The smallest absolute Gasteiger partial charge is 0.329 e. The molecule has 1 rings (SSSR count). The molecular formula is C18H32O2Si. The zero-order chi connectivity index (χ0) is 15.3. The largest absolute Gasteiger partial charge is 0.396 e. The molecule has 0 bridgehead atoms. The lowest BCUT2D eigenvalue weighted by atomic mass is 10.1. The molecule has 120 valence electrons. The molecule has 1 aromatic carbocycles. The standard InChI is InChI=1S/C18H32O2Si/c1-4-7-15-19-21(20-16-8-5-2)18(12-6-3)17-13-10-9-11-14-17/h9-11,13-14,18,21H,4-8,12,15-16H2,1-3H3. The highest BCUT2D eigenvalue weighted by Crippen LogP contribution is 2.25. The van der Waals surface area contributed by atoms with Crippen molar-refractivity contribution in [3.05, 3.63) is 35.9 Å². The Bertz CT molecular complexity index is 332. The molecule has 2 nitrogen and oxygen atoms in total. The average molecular weight is 309 g/mol. The first-order chi connectivity index (χ1) is 10.3. The van der Waals surface area contributed by atoms with E-state index in [1.54, 1.807) is 0 Å². The number of unbranched alkanes of at least 4 members (excludes halogenated alkanes) is 2. The highest BCUT2D eigenvalue weighted by atomic mass is 28.3. The van der Waals surface area contributed by atoms with Crippen LogP contribution in [0, 0.1) is 0 Å². The number of hydrogen-bond donors (Lipinski definition) is 0. The zero-order valence-electron chi connectivity index (χ0n) is 14.0. The van der Waals surface area contributed by atoms with E-state index in [4.69, 9.17) is 8.85 Å². The molecule has 3 heteroatoms. The van der Waals surface area contributed by atoms with Gasteiger partial charge >= 0.3 is 9.28 Å². The van der Waals surface area contributed by atoms with Crippen LogP contribution in [-0.2, 0) is 8.85 Å². The third-order valence-corrected chi connectivity index (χ3v) is 6.22. The van der Waals surface area contributed by atoms with E-state index in [1.165, 1.54) is 31.2 Å². The van der Waals surface area contributed by atoms with Gasteiger partial charge in [-0.25, -0.2) is 0 Å². The fourth-order valence-electron chi connectivity index (χ4n) is 2.44. The van der Waals surface area contributed by atoms with Crippen LogP contribution in [0.4, 0.5) is 0 Å². The van der Waals surface area contributed by atoms with Crippen molar-refractivity contribution in [2.45, 2.75) is 64.8 Å². The summed E-state index contributed by atoms with van der Waals surface area (Å²) < 4.78 is 12.4. The first-order valence-electron chi connectivity index (χ1n) is 8.61. The van der Waals surface area contributed by atoms with Gasteiger partial charge in [-0.15, -0.1) is 0 Å². The summed E-state index contributed by atoms with van der Waals surface area (Å²) in [6.45, 7) is 8.37. The van der Waals surface area contributed by atoms with Crippen molar-refractivity contribution in [2.24, 2.45) is 0 Å². The Morgan fingerprint density at radius 3 is 1.90 bits per heavy atom. The van der Waals surface area contributed by atoms with Gasteiger partial charge in [-0.05, 0) is 24.8 Å². The second-order valence-corrected chi connectivity index (χ2v) is 7.83. The summed E-state index contributed by atoms with van der Waals surface area (Å²) in [6, 6.07) is 10.8. The SMILES string of the molecule is CCCCO[SiH](OCCCC)C(CCC)c1ccccc1. The zero-order valence-corrected chi connectivity index (χ0v) is 15.2. The second-order valence-electron chi connectivity index (χ2n) is 5.62. The monoisotopic (exact) mass is 308 g/mol. The van der Waals surface area contributed by atoms with E-state index in [1.807, 2.05) is 0 Å². The highest BCUT2D eigenvalue weighted by Gasteiger charge is 2.27. The minimum absolute atomic E-state index is 0.477. The van der Waals surface area contributed by atoms with E-state index < -0.39 is 9.28 Å². The van der Waals surface area contributed by atoms with Crippen LogP contribution >= 0.6 is 0 Å². The molecule has 1 aromatic rings. The molecule has 0 N–H and O–H groups in total. The molecule has 1 atom stereocenters. The van der Waals surface area contributed by atoms with E-state index in [-0.39, 0.29) is 0 Å². The Kier molecular flexibility index (Phi) is 10.5. The van der Waals surface area contributed by atoms with Crippen molar-refractivity contribution in [3.8, 4) is 0 Å². The van der Waals surface area contributed by atoms with Gasteiger partial charge in [0.05, 0.1) is 0 Å². The topological polar surface area (TPSA) is 18.5 Å². The van der Waals surface area contributed by atoms with Crippen molar-refractivity contribution in [3.63, 3.8) is 0 Å². The van der Waals surface area contributed by atoms with E-state index in [9.17, 15) is 0 Å². The molecule has 0 amide bonds. The van der Waals surface area contributed by atoms with E-state index in [0.29, 0.717) is 5.54 Å². The van der Waals surface area contributed by atoms with Gasteiger partial charge in [-0.1, -0.05) is 70.4 Å². The second kappa shape index (κ2) is 12.0. The predicted octanol–water partition coefficient (Wildman–Crippen LogP) is 4.96. The van der Waals surface area contributed by atoms with Crippen LogP contribution in [-0.4, -0.2) is 22.5 Å². The molecular weight excluding hydrogens is 276 g/mol. The number of rotatable bonds is 12. The average Bonchev–Trinajstić information content (AvgIpc) is 2.52. The maximum absolute atomic E-state index is 6.21. The van der Waals surface area contributed by atoms with Crippen LogP contribution in [0.2, 0.25) is 0 Å². The van der Waals surface area contributed by atoms with Crippen LogP contribution in [0.5, 0.6) is 0 Å². The Morgan fingerprint density at radius 2 is 1.43 bits per heavy atom. The molecule has 0 heterocycles. The summed E-state index contributed by atoms with van der Waals surface area (Å²) in [5.41, 5.74) is 1.87. The summed E-state index contributed by atoms with van der Waals surface area (Å²) in [6.07, 6.45) is 6.97. The van der Waals surface area contributed by atoms with Crippen molar-refractivity contribution in [1.82, 2.24) is 0 Å². The maximum Gasteiger partial charge on any atom is 0.329 e. The molecule has 1 unspecified atom stereocenters. The minimum Gasteiger partial charge on any atom is -0.396 e. The highest BCUT2D eigenvalue weighted by molar-refractivity contribution is 6.46. The van der Waals surface area contributed by atoms with Gasteiger partial charge < -0.3 is 8.85 Å². The van der Waals surface area contributed by atoms with Gasteiger partial charge in [0.1, 0.15) is 0 Å². The maximum atomic E-state index is 6.21. The first-order valence-corrected chi connectivity index (χ1v) is 10.2. The van der Waals surface area contributed by atoms with Crippen molar-refractivity contribution in [2.75, 3.05) is 13.2 Å². The molecule has 0 fully saturated rings. The van der Waals surface area contributed by atoms with Crippen molar-refractivity contribution < 1.29 is 8.85 Å². The molecule has 0 radical (unpaired) electrons. The summed E-state index contributed by atoms with van der Waals surface area (Å²) in [5, 5.41) is 0. The van der Waals surface area contributed by atoms with Crippen molar-refractivity contribution in [1.29, 1.82) is 0 Å². The summed E-state index contributed by atoms with van der Waals surface area (Å²) in [4.78, 5) is 0. The van der Waals surface area contributed by atoms with Crippen LogP contribution in [0.1, 0.15) is 70.4 Å². The van der Waals surface area contributed by atoms with Gasteiger partial charge in [0.25, 0.3) is 0 Å².